The van der Waals surface area contributed by atoms with Gasteiger partial charge in [-0.05, 0) is 74.3 Å². The quantitative estimate of drug-likeness (QED) is 0.735. The van der Waals surface area contributed by atoms with Gasteiger partial charge in [0.25, 0.3) is 0 Å². The summed E-state index contributed by atoms with van der Waals surface area (Å²) in [7, 11) is 0. The topological polar surface area (TPSA) is 21.3 Å². The van der Waals surface area contributed by atoms with Crippen molar-refractivity contribution in [2.45, 2.75) is 58.2 Å². The predicted molar refractivity (Wildman–Crippen MR) is 110 cm³/mol. The Morgan fingerprint density at radius 2 is 1.52 bits per heavy atom. The van der Waals surface area contributed by atoms with Gasteiger partial charge in [-0.1, -0.05) is 48.0 Å². The molecule has 4 saturated carbocycles. The van der Waals surface area contributed by atoms with Gasteiger partial charge in [-0.15, -0.1) is 0 Å². The molecule has 2 aromatic carbocycles. The SMILES string of the molecule is Cc1ccc(COc2ccccc2CNC2C3CC4CC(C3)CC2C4)cc1. The van der Waals surface area contributed by atoms with E-state index in [0.29, 0.717) is 6.61 Å². The van der Waals surface area contributed by atoms with Crippen LogP contribution in [0.25, 0.3) is 0 Å². The van der Waals surface area contributed by atoms with Crippen LogP contribution in [-0.2, 0) is 13.2 Å². The smallest absolute Gasteiger partial charge is 0.124 e. The van der Waals surface area contributed by atoms with Crippen LogP contribution in [0.4, 0.5) is 0 Å². The van der Waals surface area contributed by atoms with Crippen molar-refractivity contribution in [2.24, 2.45) is 23.7 Å². The van der Waals surface area contributed by atoms with E-state index in [4.69, 9.17) is 4.74 Å². The Kier molecular flexibility index (Phi) is 4.69. The van der Waals surface area contributed by atoms with E-state index in [9.17, 15) is 0 Å². The molecule has 0 radical (unpaired) electrons. The van der Waals surface area contributed by atoms with Crippen molar-refractivity contribution < 1.29 is 4.74 Å². The van der Waals surface area contributed by atoms with Crippen molar-refractivity contribution in [3.8, 4) is 5.75 Å². The molecule has 2 aromatic rings. The second-order valence-corrected chi connectivity index (χ2v) is 9.22. The van der Waals surface area contributed by atoms with Crippen LogP contribution in [0, 0.1) is 30.6 Å². The molecule has 4 aliphatic carbocycles. The number of para-hydroxylation sites is 1. The molecular formula is C25H31NO. The second kappa shape index (κ2) is 7.31. The van der Waals surface area contributed by atoms with Crippen molar-refractivity contribution in [1.29, 1.82) is 0 Å². The third-order valence-electron chi connectivity index (χ3n) is 7.24. The minimum absolute atomic E-state index is 0.634. The molecule has 4 bridgehead atoms. The maximum absolute atomic E-state index is 6.18. The maximum atomic E-state index is 6.18. The van der Waals surface area contributed by atoms with Gasteiger partial charge in [0, 0.05) is 18.2 Å². The molecule has 1 N–H and O–H groups in total. The van der Waals surface area contributed by atoms with E-state index < -0.39 is 0 Å². The molecule has 4 aliphatic rings. The summed E-state index contributed by atoms with van der Waals surface area (Å²) in [6, 6.07) is 17.9. The molecular weight excluding hydrogens is 330 g/mol. The molecule has 2 heteroatoms. The highest BCUT2D eigenvalue weighted by Crippen LogP contribution is 2.53. The Morgan fingerprint density at radius 3 is 2.22 bits per heavy atom. The summed E-state index contributed by atoms with van der Waals surface area (Å²) in [5.74, 6) is 4.93. The summed E-state index contributed by atoms with van der Waals surface area (Å²) in [6.45, 7) is 3.68. The van der Waals surface area contributed by atoms with Gasteiger partial charge in [0.15, 0.2) is 0 Å². The van der Waals surface area contributed by atoms with E-state index in [0.717, 1.165) is 42.0 Å². The Bertz CT molecular complexity index is 753. The highest BCUT2D eigenvalue weighted by molar-refractivity contribution is 5.34. The minimum atomic E-state index is 0.634. The number of benzene rings is 2. The van der Waals surface area contributed by atoms with E-state index in [1.165, 1.54) is 48.8 Å². The second-order valence-electron chi connectivity index (χ2n) is 9.22. The van der Waals surface area contributed by atoms with E-state index in [-0.39, 0.29) is 0 Å². The largest absolute Gasteiger partial charge is 0.489 e. The zero-order valence-corrected chi connectivity index (χ0v) is 16.4. The third-order valence-corrected chi connectivity index (χ3v) is 7.24. The van der Waals surface area contributed by atoms with Crippen LogP contribution in [0.2, 0.25) is 0 Å². The fourth-order valence-electron chi connectivity index (χ4n) is 6.12. The minimum Gasteiger partial charge on any atom is -0.489 e. The lowest BCUT2D eigenvalue weighted by Crippen LogP contribution is -2.54. The van der Waals surface area contributed by atoms with Gasteiger partial charge in [0.05, 0.1) is 0 Å². The first-order valence-electron chi connectivity index (χ1n) is 10.7. The van der Waals surface area contributed by atoms with Gasteiger partial charge in [-0.25, -0.2) is 0 Å². The highest BCUT2D eigenvalue weighted by atomic mass is 16.5. The number of nitrogens with one attached hydrogen (secondary N) is 1. The zero-order valence-electron chi connectivity index (χ0n) is 16.4. The first-order valence-corrected chi connectivity index (χ1v) is 10.7. The third kappa shape index (κ3) is 3.65. The molecule has 0 aliphatic heterocycles. The van der Waals surface area contributed by atoms with Crippen molar-refractivity contribution in [3.05, 3.63) is 65.2 Å². The molecule has 6 rings (SSSR count). The number of hydrogen-bond donors (Lipinski definition) is 1. The average molecular weight is 362 g/mol. The van der Waals surface area contributed by atoms with E-state index >= 15 is 0 Å². The molecule has 0 aromatic heterocycles. The fourth-order valence-corrected chi connectivity index (χ4v) is 6.12. The van der Waals surface area contributed by atoms with Gasteiger partial charge in [0.2, 0.25) is 0 Å². The number of hydrogen-bond acceptors (Lipinski definition) is 2. The van der Waals surface area contributed by atoms with Crippen LogP contribution in [0.1, 0.15) is 48.8 Å². The molecule has 27 heavy (non-hydrogen) atoms. The monoisotopic (exact) mass is 361 g/mol. The lowest BCUT2D eigenvalue weighted by Gasteiger charge is -2.54. The molecule has 0 atom stereocenters. The van der Waals surface area contributed by atoms with Crippen LogP contribution in [0.3, 0.4) is 0 Å². The van der Waals surface area contributed by atoms with E-state index in [1.807, 2.05) is 0 Å². The number of ether oxygens (including phenoxy) is 1. The standard InChI is InChI=1S/C25H31NO/c1-17-6-8-18(9-7-17)16-27-24-5-3-2-4-21(24)15-26-25-22-11-19-10-20(13-22)14-23(25)12-19/h2-9,19-20,22-23,25-26H,10-16H2,1H3. The van der Waals surface area contributed by atoms with Gasteiger partial charge in [0.1, 0.15) is 12.4 Å². The summed E-state index contributed by atoms with van der Waals surface area (Å²) >= 11 is 0. The van der Waals surface area contributed by atoms with Crippen LogP contribution in [0.5, 0.6) is 5.75 Å². The summed E-state index contributed by atoms with van der Waals surface area (Å²) in [4.78, 5) is 0. The van der Waals surface area contributed by atoms with Crippen molar-refractivity contribution >= 4 is 0 Å². The molecule has 0 amide bonds. The zero-order chi connectivity index (χ0) is 18.2. The summed E-state index contributed by atoms with van der Waals surface area (Å²) in [5.41, 5.74) is 3.81. The Labute approximate surface area is 163 Å². The molecule has 2 nitrogen and oxygen atoms in total. The molecule has 142 valence electrons. The fraction of sp³-hybridized carbons (Fsp3) is 0.520. The van der Waals surface area contributed by atoms with E-state index in [2.05, 4.69) is 60.8 Å². The molecule has 4 fully saturated rings. The van der Waals surface area contributed by atoms with Gasteiger partial charge >= 0.3 is 0 Å². The van der Waals surface area contributed by atoms with Crippen molar-refractivity contribution in [2.75, 3.05) is 0 Å². The Hall–Kier alpha value is -1.80. The number of aryl methyl sites for hydroxylation is 1. The molecule has 0 saturated heterocycles. The lowest BCUT2D eigenvalue weighted by atomic mass is 9.54. The predicted octanol–water partition coefficient (Wildman–Crippen LogP) is 5.49. The lowest BCUT2D eigenvalue weighted by molar-refractivity contribution is -0.0143. The normalized spacial score (nSPS) is 31.2. The summed E-state index contributed by atoms with van der Waals surface area (Å²) < 4.78 is 6.18. The molecule has 0 unspecified atom stereocenters. The van der Waals surface area contributed by atoms with Crippen molar-refractivity contribution in [1.82, 2.24) is 5.32 Å². The summed E-state index contributed by atoms with van der Waals surface area (Å²) in [6.07, 6.45) is 7.40. The van der Waals surface area contributed by atoms with Gasteiger partial charge < -0.3 is 10.1 Å². The van der Waals surface area contributed by atoms with Crippen LogP contribution >= 0.6 is 0 Å². The van der Waals surface area contributed by atoms with E-state index in [1.54, 1.807) is 0 Å². The average Bonchev–Trinajstić information content (AvgIpc) is 2.67. The van der Waals surface area contributed by atoms with Gasteiger partial charge in [-0.3, -0.25) is 0 Å². The van der Waals surface area contributed by atoms with Crippen molar-refractivity contribution in [3.63, 3.8) is 0 Å². The Balaban J connectivity index is 1.23. The molecule has 0 spiro atoms. The maximum Gasteiger partial charge on any atom is 0.124 e. The van der Waals surface area contributed by atoms with Crippen LogP contribution < -0.4 is 10.1 Å². The molecule has 0 heterocycles. The first-order chi connectivity index (χ1) is 13.2. The highest BCUT2D eigenvalue weighted by Gasteiger charge is 2.47. The Morgan fingerprint density at radius 1 is 0.852 bits per heavy atom. The van der Waals surface area contributed by atoms with Gasteiger partial charge in [-0.2, -0.15) is 0 Å². The van der Waals surface area contributed by atoms with Crippen LogP contribution in [0.15, 0.2) is 48.5 Å². The first kappa shape index (κ1) is 17.3. The van der Waals surface area contributed by atoms with Crippen LogP contribution in [-0.4, -0.2) is 6.04 Å². The summed E-state index contributed by atoms with van der Waals surface area (Å²) in [5, 5.41) is 3.95. The number of rotatable bonds is 6.